The third-order valence-electron chi connectivity index (χ3n) is 5.58. The van der Waals surface area contributed by atoms with Gasteiger partial charge in [0.15, 0.2) is 0 Å². The van der Waals surface area contributed by atoms with Gasteiger partial charge >= 0.3 is 0 Å². The van der Waals surface area contributed by atoms with Crippen LogP contribution in [0.1, 0.15) is 47.2 Å². The van der Waals surface area contributed by atoms with E-state index in [4.69, 9.17) is 0 Å². The van der Waals surface area contributed by atoms with Crippen LogP contribution in [0.25, 0.3) is 0 Å². The van der Waals surface area contributed by atoms with E-state index in [0.717, 1.165) is 62.0 Å². The van der Waals surface area contributed by atoms with Gasteiger partial charge < -0.3 is 15.5 Å². The summed E-state index contributed by atoms with van der Waals surface area (Å²) >= 11 is 0. The minimum Gasteiger partial charge on any atom is -0.354 e. The van der Waals surface area contributed by atoms with Crippen molar-refractivity contribution in [2.24, 2.45) is 5.92 Å². The van der Waals surface area contributed by atoms with Crippen LogP contribution in [-0.2, 0) is 4.79 Å². The van der Waals surface area contributed by atoms with E-state index in [-0.39, 0.29) is 17.9 Å². The number of benzene rings is 1. The van der Waals surface area contributed by atoms with Crippen LogP contribution in [0.3, 0.4) is 0 Å². The molecular weight excluding hydrogens is 314 g/mol. The number of likely N-dealkylation sites (tertiary alicyclic amines) is 1. The van der Waals surface area contributed by atoms with Gasteiger partial charge in [0, 0.05) is 25.2 Å². The molecule has 2 heterocycles. The molecule has 3 rings (SSSR count). The minimum absolute atomic E-state index is 0.0312. The highest BCUT2D eigenvalue weighted by atomic mass is 16.2. The number of nitrogens with zero attached hydrogens (tertiary/aromatic N) is 1. The molecule has 2 saturated heterocycles. The van der Waals surface area contributed by atoms with E-state index in [2.05, 4.69) is 10.6 Å². The van der Waals surface area contributed by atoms with Gasteiger partial charge in [0.1, 0.15) is 0 Å². The molecule has 2 atom stereocenters. The molecule has 0 aromatic heterocycles. The van der Waals surface area contributed by atoms with Crippen LogP contribution in [-0.4, -0.2) is 48.9 Å². The Morgan fingerprint density at radius 1 is 1.24 bits per heavy atom. The number of rotatable bonds is 4. The van der Waals surface area contributed by atoms with E-state index in [9.17, 15) is 9.59 Å². The Bertz CT molecular complexity index is 638. The summed E-state index contributed by atoms with van der Waals surface area (Å²) < 4.78 is 0. The van der Waals surface area contributed by atoms with E-state index < -0.39 is 0 Å². The molecule has 0 saturated carbocycles. The molecule has 0 aliphatic carbocycles. The van der Waals surface area contributed by atoms with Crippen LogP contribution in [0.2, 0.25) is 0 Å². The molecule has 0 spiro atoms. The van der Waals surface area contributed by atoms with Crippen LogP contribution in [0.15, 0.2) is 18.2 Å². The maximum Gasteiger partial charge on any atom is 0.254 e. The fourth-order valence-electron chi connectivity index (χ4n) is 3.85. The molecular formula is C20H29N3O2. The maximum absolute atomic E-state index is 12.9. The third kappa shape index (κ3) is 4.21. The Labute approximate surface area is 150 Å². The molecule has 2 aliphatic heterocycles. The van der Waals surface area contributed by atoms with E-state index in [1.165, 1.54) is 0 Å². The Hall–Kier alpha value is -1.88. The van der Waals surface area contributed by atoms with Crippen molar-refractivity contribution in [2.45, 2.75) is 45.6 Å². The summed E-state index contributed by atoms with van der Waals surface area (Å²) in [5.74, 6) is 0.568. The van der Waals surface area contributed by atoms with Gasteiger partial charge in [0.05, 0.1) is 6.04 Å². The number of hydrogen-bond acceptors (Lipinski definition) is 3. The number of amides is 2. The Kier molecular flexibility index (Phi) is 5.74. The molecule has 5 nitrogen and oxygen atoms in total. The maximum atomic E-state index is 12.9. The first-order chi connectivity index (χ1) is 12.1. The van der Waals surface area contributed by atoms with Crippen molar-refractivity contribution in [3.05, 3.63) is 34.9 Å². The number of aryl methyl sites for hydroxylation is 1. The summed E-state index contributed by atoms with van der Waals surface area (Å²) in [5.41, 5.74) is 3.02. The predicted molar refractivity (Wildman–Crippen MR) is 98.6 cm³/mol. The molecule has 0 radical (unpaired) electrons. The summed E-state index contributed by atoms with van der Waals surface area (Å²) in [6.07, 6.45) is 4.06. The number of nitrogens with one attached hydrogen (secondary N) is 2. The Morgan fingerprint density at radius 3 is 2.84 bits per heavy atom. The average molecular weight is 343 g/mol. The number of piperidine rings is 1. The van der Waals surface area contributed by atoms with Gasteiger partial charge in [-0.3, -0.25) is 9.59 Å². The highest BCUT2D eigenvalue weighted by molar-refractivity contribution is 5.96. The zero-order chi connectivity index (χ0) is 17.8. The number of carbonyl (C=O) groups excluding carboxylic acids is 2. The lowest BCUT2D eigenvalue weighted by Crippen LogP contribution is -2.46. The van der Waals surface area contributed by atoms with Crippen molar-refractivity contribution in [3.63, 3.8) is 0 Å². The molecule has 0 bridgehead atoms. The monoisotopic (exact) mass is 343 g/mol. The van der Waals surface area contributed by atoms with Crippen LogP contribution < -0.4 is 10.6 Å². The largest absolute Gasteiger partial charge is 0.354 e. The van der Waals surface area contributed by atoms with Crippen LogP contribution in [0.5, 0.6) is 0 Å². The zero-order valence-electron chi connectivity index (χ0n) is 15.3. The topological polar surface area (TPSA) is 61.4 Å². The van der Waals surface area contributed by atoms with Crippen LogP contribution in [0.4, 0.5) is 0 Å². The van der Waals surface area contributed by atoms with Gasteiger partial charge in [-0.15, -0.1) is 0 Å². The normalized spacial score (nSPS) is 23.5. The smallest absolute Gasteiger partial charge is 0.254 e. The highest BCUT2D eigenvalue weighted by Crippen LogP contribution is 2.21. The van der Waals surface area contributed by atoms with Crippen LogP contribution in [0, 0.1) is 19.8 Å². The average Bonchev–Trinajstić information content (AvgIpc) is 3.16. The second-order valence-corrected chi connectivity index (χ2v) is 7.40. The zero-order valence-corrected chi connectivity index (χ0v) is 15.3. The van der Waals surface area contributed by atoms with Crippen molar-refractivity contribution in [2.75, 3.05) is 26.2 Å². The molecule has 2 amide bonds. The van der Waals surface area contributed by atoms with E-state index in [1.54, 1.807) is 0 Å². The first-order valence-corrected chi connectivity index (χ1v) is 9.43. The molecule has 2 N–H and O–H groups in total. The molecule has 2 fully saturated rings. The first kappa shape index (κ1) is 17.9. The summed E-state index contributed by atoms with van der Waals surface area (Å²) in [5, 5.41) is 6.30. The Balaban J connectivity index is 1.56. The van der Waals surface area contributed by atoms with Gasteiger partial charge in [0.25, 0.3) is 5.91 Å². The van der Waals surface area contributed by atoms with Gasteiger partial charge in [-0.05, 0) is 69.2 Å². The standard InChI is InChI=1S/C20H29N3O2/c1-14-6-3-8-17(15(14)2)20(25)23-11-5-7-16(13-23)12-22-19(24)18-9-4-10-21-18/h3,6,8,16,18,21H,4-5,7,9-13H2,1-2H3,(H,22,24)/t16-,18+/m0/s1. The van der Waals surface area contributed by atoms with Crippen LogP contribution >= 0.6 is 0 Å². The van der Waals surface area contributed by atoms with Crippen molar-refractivity contribution in [1.82, 2.24) is 15.5 Å². The molecule has 2 aliphatic rings. The number of carbonyl (C=O) groups is 2. The second-order valence-electron chi connectivity index (χ2n) is 7.40. The lowest BCUT2D eigenvalue weighted by atomic mass is 9.96. The van der Waals surface area contributed by atoms with E-state index in [1.807, 2.05) is 36.9 Å². The Morgan fingerprint density at radius 2 is 2.08 bits per heavy atom. The molecule has 1 aromatic rings. The predicted octanol–water partition coefficient (Wildman–Crippen LogP) is 2.02. The van der Waals surface area contributed by atoms with Crippen molar-refractivity contribution in [1.29, 1.82) is 0 Å². The highest BCUT2D eigenvalue weighted by Gasteiger charge is 2.27. The molecule has 1 aromatic carbocycles. The SMILES string of the molecule is Cc1cccc(C(=O)N2CCC[C@@H](CNC(=O)[C@H]3CCCN3)C2)c1C. The lowest BCUT2D eigenvalue weighted by molar-refractivity contribution is -0.123. The third-order valence-corrected chi connectivity index (χ3v) is 5.58. The van der Waals surface area contributed by atoms with Crippen molar-refractivity contribution in [3.8, 4) is 0 Å². The molecule has 0 unspecified atom stereocenters. The molecule has 136 valence electrons. The summed E-state index contributed by atoms with van der Waals surface area (Å²) in [7, 11) is 0. The van der Waals surface area contributed by atoms with E-state index >= 15 is 0 Å². The van der Waals surface area contributed by atoms with Crippen molar-refractivity contribution < 1.29 is 9.59 Å². The molecule has 25 heavy (non-hydrogen) atoms. The fourth-order valence-corrected chi connectivity index (χ4v) is 3.85. The van der Waals surface area contributed by atoms with Crippen molar-refractivity contribution >= 4 is 11.8 Å². The quantitative estimate of drug-likeness (QED) is 0.879. The lowest BCUT2D eigenvalue weighted by Gasteiger charge is -2.33. The van der Waals surface area contributed by atoms with Gasteiger partial charge in [0.2, 0.25) is 5.91 Å². The molecule has 5 heteroatoms. The minimum atomic E-state index is -0.0312. The first-order valence-electron chi connectivity index (χ1n) is 9.43. The summed E-state index contributed by atoms with van der Waals surface area (Å²) in [4.78, 5) is 27.0. The van der Waals surface area contributed by atoms with E-state index in [0.29, 0.717) is 12.5 Å². The number of hydrogen-bond donors (Lipinski definition) is 2. The fraction of sp³-hybridized carbons (Fsp3) is 0.600. The van der Waals surface area contributed by atoms with Gasteiger partial charge in [-0.25, -0.2) is 0 Å². The summed E-state index contributed by atoms with van der Waals surface area (Å²) in [6.45, 7) is 7.18. The van der Waals surface area contributed by atoms with Gasteiger partial charge in [-0.1, -0.05) is 12.1 Å². The summed E-state index contributed by atoms with van der Waals surface area (Å²) in [6, 6.07) is 5.88. The van der Waals surface area contributed by atoms with Gasteiger partial charge in [-0.2, -0.15) is 0 Å². The second kappa shape index (κ2) is 8.00.